The normalized spacial score (nSPS) is 45.8. The van der Waals surface area contributed by atoms with E-state index in [2.05, 4.69) is 18.4 Å². The quantitative estimate of drug-likeness (QED) is 0.831. The van der Waals surface area contributed by atoms with Gasteiger partial charge in [0.25, 0.3) is 0 Å². The third kappa shape index (κ3) is 1.10. The number of hydrogen-bond acceptors (Lipinski definition) is 2. The average Bonchev–Trinajstić information content (AvgIpc) is 2.67. The van der Waals surface area contributed by atoms with Crippen molar-refractivity contribution in [3.05, 3.63) is 21.9 Å². The Labute approximate surface area is 100 Å². The standard InChI is InChI=1S/C14H18OS/c1-7-10(4-5-16-7)14(15)13-11-8-2-3-9(6-8)12(11)13/h4-5,8-9,11-15H,2-3,6H2,1H3. The molecule has 1 N–H and O–H groups in total. The molecule has 3 aliphatic carbocycles. The van der Waals surface area contributed by atoms with Crippen LogP contribution in [0.1, 0.15) is 35.8 Å². The summed E-state index contributed by atoms with van der Waals surface area (Å²) in [6, 6.07) is 2.13. The molecule has 0 aliphatic heterocycles. The van der Waals surface area contributed by atoms with E-state index in [0.717, 1.165) is 23.7 Å². The number of rotatable bonds is 2. The highest BCUT2D eigenvalue weighted by Crippen LogP contribution is 2.72. The fraction of sp³-hybridized carbons (Fsp3) is 0.714. The van der Waals surface area contributed by atoms with E-state index in [0.29, 0.717) is 5.92 Å². The van der Waals surface area contributed by atoms with Gasteiger partial charge in [0, 0.05) is 4.88 Å². The summed E-state index contributed by atoms with van der Waals surface area (Å²) in [7, 11) is 0. The van der Waals surface area contributed by atoms with Crippen LogP contribution in [0.15, 0.2) is 11.4 Å². The minimum atomic E-state index is -0.162. The van der Waals surface area contributed by atoms with Gasteiger partial charge >= 0.3 is 0 Å². The van der Waals surface area contributed by atoms with Crippen molar-refractivity contribution in [3.63, 3.8) is 0 Å². The first-order valence-electron chi connectivity index (χ1n) is 6.49. The third-order valence-electron chi connectivity index (χ3n) is 5.38. The Morgan fingerprint density at radius 1 is 1.31 bits per heavy atom. The van der Waals surface area contributed by atoms with Crippen LogP contribution in [0.2, 0.25) is 0 Å². The maximum absolute atomic E-state index is 10.5. The molecule has 0 aromatic carbocycles. The molecule has 2 heteroatoms. The lowest BCUT2D eigenvalue weighted by molar-refractivity contribution is 0.130. The number of thiophene rings is 1. The van der Waals surface area contributed by atoms with E-state index in [4.69, 9.17) is 0 Å². The smallest absolute Gasteiger partial charge is 0.0834 e. The zero-order chi connectivity index (χ0) is 10.9. The van der Waals surface area contributed by atoms with Gasteiger partial charge in [-0.15, -0.1) is 11.3 Å². The SMILES string of the molecule is Cc1sccc1C(O)C1C2C3CCC(C3)C21. The van der Waals surface area contributed by atoms with E-state index >= 15 is 0 Å². The minimum Gasteiger partial charge on any atom is -0.388 e. The number of aliphatic hydroxyl groups excluding tert-OH is 1. The largest absolute Gasteiger partial charge is 0.388 e. The van der Waals surface area contributed by atoms with Crippen molar-refractivity contribution in [1.29, 1.82) is 0 Å². The fourth-order valence-corrected chi connectivity index (χ4v) is 5.47. The molecule has 86 valence electrons. The van der Waals surface area contributed by atoms with Gasteiger partial charge in [-0.05, 0) is 72.8 Å². The Kier molecular flexibility index (Phi) is 1.88. The molecular weight excluding hydrogens is 216 g/mol. The molecular formula is C14H18OS. The highest BCUT2D eigenvalue weighted by molar-refractivity contribution is 7.10. The molecule has 1 aromatic rings. The Morgan fingerprint density at radius 2 is 2.00 bits per heavy atom. The van der Waals surface area contributed by atoms with E-state index in [-0.39, 0.29) is 6.10 Å². The predicted molar refractivity (Wildman–Crippen MR) is 65.3 cm³/mol. The molecule has 4 rings (SSSR count). The second kappa shape index (κ2) is 3.11. The number of hydrogen-bond donors (Lipinski definition) is 1. The molecule has 1 nitrogen and oxygen atoms in total. The molecule has 0 saturated heterocycles. The molecule has 0 amide bonds. The van der Waals surface area contributed by atoms with Gasteiger partial charge in [0.05, 0.1) is 6.10 Å². The van der Waals surface area contributed by atoms with E-state index in [1.807, 2.05) is 0 Å². The maximum atomic E-state index is 10.5. The summed E-state index contributed by atoms with van der Waals surface area (Å²) >= 11 is 1.76. The second-order valence-corrected chi connectivity index (χ2v) is 7.06. The Morgan fingerprint density at radius 3 is 2.56 bits per heavy atom. The molecule has 0 radical (unpaired) electrons. The van der Waals surface area contributed by atoms with Crippen LogP contribution in [0.25, 0.3) is 0 Å². The summed E-state index contributed by atoms with van der Waals surface area (Å²) in [5, 5.41) is 12.6. The lowest BCUT2D eigenvalue weighted by atomic mass is 9.95. The van der Waals surface area contributed by atoms with Gasteiger partial charge < -0.3 is 5.11 Å². The summed E-state index contributed by atoms with van der Waals surface area (Å²) in [4.78, 5) is 1.31. The van der Waals surface area contributed by atoms with Crippen molar-refractivity contribution in [3.8, 4) is 0 Å². The predicted octanol–water partition coefficient (Wildman–Crippen LogP) is 3.38. The summed E-state index contributed by atoms with van der Waals surface area (Å²) in [6.45, 7) is 2.13. The molecule has 5 atom stereocenters. The summed E-state index contributed by atoms with van der Waals surface area (Å²) in [5.41, 5.74) is 1.21. The van der Waals surface area contributed by atoms with Crippen molar-refractivity contribution in [1.82, 2.24) is 0 Å². The van der Waals surface area contributed by atoms with Crippen LogP contribution in [-0.2, 0) is 0 Å². The number of fused-ring (bicyclic) bond motifs is 5. The molecule has 2 bridgehead atoms. The Hall–Kier alpha value is -0.340. The average molecular weight is 234 g/mol. The van der Waals surface area contributed by atoms with Crippen LogP contribution in [-0.4, -0.2) is 5.11 Å². The van der Waals surface area contributed by atoms with Crippen molar-refractivity contribution >= 4 is 11.3 Å². The Bertz CT molecular complexity index is 408. The van der Waals surface area contributed by atoms with Crippen molar-refractivity contribution in [2.24, 2.45) is 29.6 Å². The monoisotopic (exact) mass is 234 g/mol. The van der Waals surface area contributed by atoms with Gasteiger partial charge in [0.1, 0.15) is 0 Å². The Balaban J connectivity index is 1.59. The second-order valence-electron chi connectivity index (χ2n) is 5.94. The molecule has 5 unspecified atom stereocenters. The van der Waals surface area contributed by atoms with Crippen LogP contribution in [0.4, 0.5) is 0 Å². The molecule has 1 aromatic heterocycles. The first-order chi connectivity index (χ1) is 7.77. The van der Waals surface area contributed by atoms with Gasteiger partial charge in [-0.2, -0.15) is 0 Å². The van der Waals surface area contributed by atoms with Gasteiger partial charge in [0.15, 0.2) is 0 Å². The first-order valence-corrected chi connectivity index (χ1v) is 7.37. The summed E-state index contributed by atoms with van der Waals surface area (Å²) in [5.74, 6) is 4.31. The van der Waals surface area contributed by atoms with Crippen LogP contribution in [0.3, 0.4) is 0 Å². The molecule has 16 heavy (non-hydrogen) atoms. The first kappa shape index (κ1) is 9.67. The highest BCUT2D eigenvalue weighted by atomic mass is 32.1. The molecule has 1 heterocycles. The summed E-state index contributed by atoms with van der Waals surface area (Å²) < 4.78 is 0. The van der Waals surface area contributed by atoms with Crippen LogP contribution >= 0.6 is 11.3 Å². The van der Waals surface area contributed by atoms with Crippen LogP contribution in [0, 0.1) is 36.5 Å². The zero-order valence-corrected chi connectivity index (χ0v) is 10.4. The van der Waals surface area contributed by atoms with Crippen LogP contribution in [0.5, 0.6) is 0 Å². The lowest BCUT2D eigenvalue weighted by Crippen LogP contribution is -2.08. The van der Waals surface area contributed by atoms with Crippen molar-refractivity contribution in [2.45, 2.75) is 32.3 Å². The van der Waals surface area contributed by atoms with Crippen LogP contribution < -0.4 is 0 Å². The molecule has 3 aliphatic rings. The van der Waals surface area contributed by atoms with E-state index < -0.39 is 0 Å². The topological polar surface area (TPSA) is 20.2 Å². The molecule has 0 spiro atoms. The van der Waals surface area contributed by atoms with Gasteiger partial charge in [-0.1, -0.05) is 0 Å². The third-order valence-corrected chi connectivity index (χ3v) is 6.24. The van der Waals surface area contributed by atoms with Gasteiger partial charge in [-0.25, -0.2) is 0 Å². The number of aryl methyl sites for hydroxylation is 1. The molecule has 3 fully saturated rings. The number of aliphatic hydroxyl groups is 1. The van der Waals surface area contributed by atoms with E-state index in [1.165, 1.54) is 29.7 Å². The van der Waals surface area contributed by atoms with E-state index in [1.54, 1.807) is 11.3 Å². The zero-order valence-electron chi connectivity index (χ0n) is 9.60. The van der Waals surface area contributed by atoms with Crippen molar-refractivity contribution in [2.75, 3.05) is 0 Å². The highest BCUT2D eigenvalue weighted by Gasteiger charge is 2.66. The van der Waals surface area contributed by atoms with E-state index in [9.17, 15) is 5.11 Å². The lowest BCUT2D eigenvalue weighted by Gasteiger charge is -2.15. The molecule has 3 saturated carbocycles. The van der Waals surface area contributed by atoms with Gasteiger partial charge in [-0.3, -0.25) is 0 Å². The maximum Gasteiger partial charge on any atom is 0.0834 e. The van der Waals surface area contributed by atoms with Gasteiger partial charge in [0.2, 0.25) is 0 Å². The van der Waals surface area contributed by atoms with Crippen molar-refractivity contribution < 1.29 is 5.11 Å². The summed E-state index contributed by atoms with van der Waals surface area (Å²) in [6.07, 6.45) is 4.20. The fourth-order valence-electron chi connectivity index (χ4n) is 4.72. The minimum absolute atomic E-state index is 0.162.